The number of likely N-dealkylation sites (tertiary alicyclic amines) is 1. The van der Waals surface area contributed by atoms with E-state index < -0.39 is 0 Å². The molecule has 0 amide bonds. The molecule has 30 atom stereocenters. The summed E-state index contributed by atoms with van der Waals surface area (Å²) in [5.41, 5.74) is 13.0. The average molecular weight is 1700 g/mol. The number of fused-ring (bicyclic) bond motifs is 21. The van der Waals surface area contributed by atoms with Crippen molar-refractivity contribution in [3.05, 3.63) is 70.8 Å². The molecule has 20 aliphatic rings. The van der Waals surface area contributed by atoms with Gasteiger partial charge in [0.1, 0.15) is 23.1 Å². The van der Waals surface area contributed by atoms with E-state index in [1.54, 1.807) is 80.5 Å². The van der Waals surface area contributed by atoms with E-state index >= 15 is 0 Å². The topological polar surface area (TPSA) is 71.5 Å². The largest absolute Gasteiger partial charge is 0.303 e. The Morgan fingerprint density at radius 1 is 0.419 bits per heavy atom. The van der Waals surface area contributed by atoms with Crippen LogP contribution < -0.4 is 0 Å². The van der Waals surface area contributed by atoms with E-state index in [1.807, 2.05) is 0 Å². The number of Topliss-reactive ketones (excluding diaryl/α,β-unsaturated/α-hetero) is 4. The van der Waals surface area contributed by atoms with E-state index in [0.717, 1.165) is 164 Å². The van der Waals surface area contributed by atoms with Crippen LogP contribution in [0.4, 0.5) is 0 Å². The number of aryl methyl sites for hydroxylation is 1. The summed E-state index contributed by atoms with van der Waals surface area (Å²) in [5.74, 6) is 19.6. The van der Waals surface area contributed by atoms with Gasteiger partial charge in [0.05, 0.1) is 0 Å². The molecule has 1 saturated heterocycles. The lowest BCUT2D eigenvalue weighted by Gasteiger charge is -2.72. The molecule has 2 aromatic carbocycles. The van der Waals surface area contributed by atoms with E-state index in [1.165, 1.54) is 186 Å². The van der Waals surface area contributed by atoms with Gasteiger partial charge in [-0.3, -0.25) is 14.4 Å². The van der Waals surface area contributed by atoms with Crippen molar-refractivity contribution in [2.45, 2.75) is 451 Å². The second-order valence-electron chi connectivity index (χ2n) is 54.4. The molecule has 1 aliphatic heterocycles. The van der Waals surface area contributed by atoms with Gasteiger partial charge < -0.3 is 9.69 Å². The van der Waals surface area contributed by atoms with Gasteiger partial charge >= 0.3 is 0 Å². The van der Waals surface area contributed by atoms with Crippen molar-refractivity contribution in [1.82, 2.24) is 4.90 Å². The molecule has 0 aromatic heterocycles. The molecule has 5 nitrogen and oxygen atoms in total. The predicted molar refractivity (Wildman–Crippen MR) is 517 cm³/mol. The number of carbonyl (C=O) groups is 4. The van der Waals surface area contributed by atoms with Crippen molar-refractivity contribution in [3.63, 3.8) is 0 Å². The summed E-state index contributed by atoms with van der Waals surface area (Å²) in [4.78, 5) is 50.7. The minimum Gasteiger partial charge on any atom is -0.303 e. The van der Waals surface area contributed by atoms with Gasteiger partial charge in [0.2, 0.25) is 0 Å². The zero-order chi connectivity index (χ0) is 88.3. The molecule has 17 saturated carbocycles. The second kappa shape index (κ2) is 34.2. The zero-order valence-electron chi connectivity index (χ0n) is 84.1. The maximum absolute atomic E-state index is 12.4. The Balaban J connectivity index is 0.000000107. The highest BCUT2D eigenvalue weighted by molar-refractivity contribution is 5.87. The van der Waals surface area contributed by atoms with Crippen molar-refractivity contribution in [2.24, 2.45) is 183 Å². The smallest absolute Gasteiger partial charge is 0.139 e. The minimum absolute atomic E-state index is 0.0213. The number of rotatable bonds is 5. The summed E-state index contributed by atoms with van der Waals surface area (Å²) in [6.45, 7) is 51.2. The second-order valence-corrected chi connectivity index (χ2v) is 54.4. The summed E-state index contributed by atoms with van der Waals surface area (Å²) in [6, 6.07) is 19.1. The quantitative estimate of drug-likeness (QED) is 0.298. The third-order valence-corrected chi connectivity index (χ3v) is 47.2. The molecule has 692 valence electrons. The molecular weight excluding hydrogens is 1510 g/mol. The van der Waals surface area contributed by atoms with Crippen LogP contribution in [0, 0.1) is 183 Å². The number of piperidine rings is 1. The van der Waals surface area contributed by atoms with Gasteiger partial charge in [0.25, 0.3) is 0 Å². The Hall–Kier alpha value is -2.92. The average Bonchev–Trinajstić information content (AvgIpc) is 1.19. The van der Waals surface area contributed by atoms with Crippen LogP contribution in [-0.2, 0) is 37.4 Å². The fraction of sp³-hybridized carbons (Fsp3) is 0.866. The number of hydrogen-bond donors (Lipinski definition) is 0. The van der Waals surface area contributed by atoms with Crippen LogP contribution in [0.2, 0.25) is 0 Å². The van der Waals surface area contributed by atoms with E-state index in [-0.39, 0.29) is 22.5 Å². The van der Waals surface area contributed by atoms with E-state index in [4.69, 9.17) is 0 Å². The van der Waals surface area contributed by atoms with Crippen molar-refractivity contribution in [2.75, 3.05) is 13.6 Å². The number of hydrogen-bond acceptors (Lipinski definition) is 5. The lowest BCUT2D eigenvalue weighted by Crippen LogP contribution is -2.65. The fourth-order valence-electron chi connectivity index (χ4n) is 40.1. The molecule has 0 N–H and O–H groups in total. The molecule has 18 fully saturated rings. The lowest BCUT2D eigenvalue weighted by molar-refractivity contribution is -0.236. The maximum Gasteiger partial charge on any atom is 0.139 e. The maximum atomic E-state index is 12.4. The van der Waals surface area contributed by atoms with Gasteiger partial charge in [0.15, 0.2) is 0 Å². The third kappa shape index (κ3) is 15.7. The molecular formula is C119H187NO4. The summed E-state index contributed by atoms with van der Waals surface area (Å²) in [5, 5.41) is 0. The summed E-state index contributed by atoms with van der Waals surface area (Å²) in [7, 11) is 2.34. The monoisotopic (exact) mass is 1690 g/mol. The van der Waals surface area contributed by atoms with Crippen LogP contribution >= 0.6 is 0 Å². The number of ketones is 4. The van der Waals surface area contributed by atoms with Crippen molar-refractivity contribution in [1.29, 1.82) is 0 Å². The van der Waals surface area contributed by atoms with Crippen LogP contribution in [0.1, 0.15) is 449 Å². The molecule has 1 heterocycles. The zero-order valence-corrected chi connectivity index (χ0v) is 84.1. The Kier molecular flexibility index (Phi) is 25.6. The number of carbonyl (C=O) groups excluding carboxylic acids is 4. The van der Waals surface area contributed by atoms with Crippen LogP contribution in [0.25, 0.3) is 0 Å². The summed E-state index contributed by atoms with van der Waals surface area (Å²) < 4.78 is 0. The normalized spacial score (nSPS) is 47.7. The number of nitrogens with zero attached hydrogens (tertiary/aromatic N) is 1. The van der Waals surface area contributed by atoms with E-state index in [0.29, 0.717) is 102 Å². The highest BCUT2D eigenvalue weighted by Crippen LogP contribution is 2.79. The van der Waals surface area contributed by atoms with Gasteiger partial charge in [-0.15, -0.1) is 0 Å². The lowest BCUT2D eigenvalue weighted by atomic mass is 9.32. The van der Waals surface area contributed by atoms with Gasteiger partial charge in [-0.05, 0) is 446 Å². The van der Waals surface area contributed by atoms with Crippen LogP contribution in [0.15, 0.2) is 48.5 Å². The molecule has 0 spiro atoms. The van der Waals surface area contributed by atoms with E-state index in [9.17, 15) is 19.2 Å². The molecule has 2 bridgehead atoms. The van der Waals surface area contributed by atoms with Crippen LogP contribution in [0.5, 0.6) is 0 Å². The van der Waals surface area contributed by atoms with Crippen LogP contribution in [0.3, 0.4) is 0 Å². The Morgan fingerprint density at radius 3 is 1.81 bits per heavy atom. The predicted octanol–water partition coefficient (Wildman–Crippen LogP) is 31.3. The molecule has 22 rings (SSSR count). The van der Waals surface area contributed by atoms with Crippen molar-refractivity contribution >= 4 is 23.1 Å². The fourth-order valence-corrected chi connectivity index (χ4v) is 40.1. The molecule has 0 radical (unpaired) electrons. The molecule has 5 heteroatoms. The minimum atomic E-state index is 0.0213. The van der Waals surface area contributed by atoms with Gasteiger partial charge in [-0.25, -0.2) is 0 Å². The van der Waals surface area contributed by atoms with Gasteiger partial charge in [-0.1, -0.05) is 219 Å². The number of benzene rings is 2. The third-order valence-electron chi connectivity index (χ3n) is 47.2. The summed E-state index contributed by atoms with van der Waals surface area (Å²) in [6.07, 6.45) is 61.5. The van der Waals surface area contributed by atoms with Gasteiger partial charge in [0, 0.05) is 54.4 Å². The SMILES string of the molecule is CC(=O)CC[C@H]1C(=O)CCC2C(C)(C)CCC[C@@]21C.CC(C)[C@@H]1CC[C@]2(C)CC[C@]3(C)C(CC[C@@H]4[C@@]5(C)CCCC(C)(C)[C@@H]5CC[C@]43C)[C@@H]12.CC(C)[C@H]1CC[C@H]2[C@@H]3CC[C@H]4CCCC[C@]4(C)[C@H]3CC[C@]12C.CC1(C)CC2C(=O)CC[C@H]3C[C@]3(C)CC[C@H]21.CN1CC[C@]23CCCC[C@H]2[C@H]1Cc1ccccc13.C[C@]12CC[C@@H]3c4ccccc4CC[C@H]3[C@@H]1CCC2=O. The Bertz CT molecular complexity index is 4170. The van der Waals surface area contributed by atoms with Gasteiger partial charge in [-0.2, -0.15) is 0 Å². The first kappa shape index (κ1) is 92.9. The standard InChI is InChI=1S/C30H52.C22H38.C18H22O.C17H23N.C17H28O2.C15H24O/c1-20(2)21-12-16-27(5)18-19-29(7)22(25(21)27)10-11-24-28(6)15-9-14-26(3,4)23(28)13-17-30(24,29)8;1-15(2)18-10-11-19-17-9-8-16-7-5-6-13-21(16,3)20(17)12-14-22(18,19)4;1-18-11-10-14-13-5-3-2-4-12(13)6-7-15(14)16(18)8-9-17(18)19;1-18-11-10-17-9-5-4-8-15(17)16(18)12-13-6-2-3-7-14(13)17;1-12(18)6-7-13-14(19)8-9-15-16(2,3)10-5-11-17(13,15)4;1-14(2)9-11-12(14)6-7-15(3)8-10(15)4-5-13(11)16/h20-25H,9-19H2,1-8H3;15-20H,5-14H2,1-4H3;2-5,14-16H,6-11H2,1H3;2-3,6-7,15-16H,4-5,8-12H2,1H3;13,15H,5-11H2,1-4H3;10-12H,4-9H2,1-3H3/t21-,22?,23-,24+,25+,27+,28-,29+,30+;16-,17+,18-,19+,20+,21+,22-;14-,15-,16+,18+;15-,16+,17-;13-,15?,17+;10-,11?,12+,15-/m011000/s1. The Labute approximate surface area is 761 Å². The highest BCUT2D eigenvalue weighted by atomic mass is 16.1. The highest BCUT2D eigenvalue weighted by Gasteiger charge is 2.71. The molecule has 2 aromatic rings. The molecule has 3 unspecified atom stereocenters. The van der Waals surface area contributed by atoms with E-state index in [2.05, 4.69) is 192 Å². The number of likely N-dealkylation sites (N-methyl/N-ethyl adjacent to an activating group) is 1. The molecule has 19 aliphatic carbocycles. The van der Waals surface area contributed by atoms with Crippen LogP contribution in [-0.4, -0.2) is 47.7 Å². The summed E-state index contributed by atoms with van der Waals surface area (Å²) >= 11 is 0. The first-order valence-electron chi connectivity index (χ1n) is 54.5. The molecule has 124 heavy (non-hydrogen) atoms. The first-order chi connectivity index (χ1) is 58.6. The Morgan fingerprint density at radius 2 is 1.08 bits per heavy atom. The first-order valence-corrected chi connectivity index (χ1v) is 54.5. The van der Waals surface area contributed by atoms with Crippen molar-refractivity contribution in [3.8, 4) is 0 Å². The van der Waals surface area contributed by atoms with Crippen molar-refractivity contribution < 1.29 is 19.2 Å².